The fourth-order valence-corrected chi connectivity index (χ4v) is 5.27. The van der Waals surface area contributed by atoms with Gasteiger partial charge in [0.25, 0.3) is 11.5 Å². The summed E-state index contributed by atoms with van der Waals surface area (Å²) < 4.78 is 10.2. The van der Waals surface area contributed by atoms with Gasteiger partial charge in [-0.05, 0) is 79.4 Å². The highest BCUT2D eigenvalue weighted by Gasteiger charge is 2.37. The second kappa shape index (κ2) is 11.8. The number of hydrogen-bond donors (Lipinski definition) is 2. The molecule has 1 atom stereocenters. The average Bonchev–Trinajstić information content (AvgIpc) is 3.26. The van der Waals surface area contributed by atoms with Crippen molar-refractivity contribution in [2.24, 2.45) is 0 Å². The van der Waals surface area contributed by atoms with Gasteiger partial charge in [0.1, 0.15) is 11.9 Å². The number of anilines is 1. The highest BCUT2D eigenvalue weighted by atomic mass is 16.5. The molecule has 2 heterocycles. The Bertz CT molecular complexity index is 1710. The second-order valence-electron chi connectivity index (χ2n) is 9.94. The molecule has 1 aliphatic rings. The van der Waals surface area contributed by atoms with Crippen LogP contribution in [0.15, 0.2) is 53.3 Å². The number of ether oxygens (including phenoxy) is 2. The number of hydrogen-bond acceptors (Lipinski definition) is 8. The van der Waals surface area contributed by atoms with Crippen LogP contribution in [-0.4, -0.2) is 52.0 Å². The third kappa shape index (κ3) is 5.77. The lowest BCUT2D eigenvalue weighted by Crippen LogP contribution is -2.42. The Hall–Kier alpha value is -4.73. The van der Waals surface area contributed by atoms with Gasteiger partial charge in [-0.3, -0.25) is 14.4 Å². The van der Waals surface area contributed by atoms with Crippen LogP contribution >= 0.6 is 0 Å². The van der Waals surface area contributed by atoms with Crippen molar-refractivity contribution >= 4 is 45.2 Å². The summed E-state index contributed by atoms with van der Waals surface area (Å²) in [6, 6.07) is 14.4. The molecule has 5 rings (SSSR count). The summed E-state index contributed by atoms with van der Waals surface area (Å²) in [6.45, 7) is 6.32. The van der Waals surface area contributed by atoms with Crippen LogP contribution in [0.3, 0.4) is 0 Å². The van der Waals surface area contributed by atoms with E-state index in [1.807, 2.05) is 42.5 Å². The van der Waals surface area contributed by atoms with Crippen molar-refractivity contribution in [3.63, 3.8) is 0 Å². The van der Waals surface area contributed by atoms with E-state index in [-0.39, 0.29) is 44.1 Å². The summed E-state index contributed by atoms with van der Waals surface area (Å²) >= 11 is 0. The molecule has 1 aromatic heterocycles. The largest absolute Gasteiger partial charge is 0.466 e. The molecular weight excluding hydrogens is 524 g/mol. The number of nitrogens with one attached hydrogen (secondary N) is 2. The van der Waals surface area contributed by atoms with Crippen LogP contribution < -0.4 is 10.9 Å². The maximum Gasteiger partial charge on any atom is 0.328 e. The number of aryl methyl sites for hydroxylation is 1. The van der Waals surface area contributed by atoms with Crippen molar-refractivity contribution in [2.45, 2.75) is 52.7 Å². The van der Waals surface area contributed by atoms with Crippen LogP contribution in [0, 0.1) is 6.92 Å². The van der Waals surface area contributed by atoms with E-state index in [9.17, 15) is 19.2 Å². The summed E-state index contributed by atoms with van der Waals surface area (Å²) in [6.07, 6.45) is 0.129. The number of fused-ring (bicyclic) bond motifs is 4. The van der Waals surface area contributed by atoms with Gasteiger partial charge in [-0.1, -0.05) is 18.2 Å². The summed E-state index contributed by atoms with van der Waals surface area (Å²) in [5.74, 6) is -0.663. The number of esters is 2. The molecule has 2 N–H and O–H groups in total. The van der Waals surface area contributed by atoms with Crippen LogP contribution in [0.25, 0.3) is 21.7 Å². The van der Waals surface area contributed by atoms with Gasteiger partial charge in [0.05, 0.1) is 24.1 Å². The summed E-state index contributed by atoms with van der Waals surface area (Å²) in [4.78, 5) is 59.3. The minimum absolute atomic E-state index is 0.00678. The van der Waals surface area contributed by atoms with E-state index in [1.165, 1.54) is 4.90 Å². The van der Waals surface area contributed by atoms with E-state index in [1.54, 1.807) is 26.8 Å². The number of amides is 1. The third-order valence-electron chi connectivity index (χ3n) is 7.17. The molecule has 10 nitrogen and oxygen atoms in total. The lowest BCUT2D eigenvalue weighted by Gasteiger charge is -2.25. The van der Waals surface area contributed by atoms with Gasteiger partial charge in [0, 0.05) is 30.8 Å². The van der Waals surface area contributed by atoms with Gasteiger partial charge in [-0.2, -0.15) is 0 Å². The topological polar surface area (TPSA) is 131 Å². The number of carbonyl (C=O) groups excluding carboxylic acids is 3. The Morgan fingerprint density at radius 1 is 1.05 bits per heavy atom. The van der Waals surface area contributed by atoms with Gasteiger partial charge in [0.15, 0.2) is 0 Å². The predicted octanol–water partition coefficient (Wildman–Crippen LogP) is 4.23. The average molecular weight is 557 g/mol. The molecule has 0 bridgehead atoms. The van der Waals surface area contributed by atoms with E-state index >= 15 is 0 Å². The Morgan fingerprint density at radius 3 is 2.61 bits per heavy atom. The van der Waals surface area contributed by atoms with E-state index in [0.29, 0.717) is 28.8 Å². The van der Waals surface area contributed by atoms with Crippen LogP contribution in [-0.2, 0) is 32.2 Å². The molecule has 212 valence electrons. The van der Waals surface area contributed by atoms with Crippen molar-refractivity contribution in [2.75, 3.05) is 18.5 Å². The van der Waals surface area contributed by atoms with E-state index in [0.717, 1.165) is 27.6 Å². The molecule has 0 saturated heterocycles. The van der Waals surface area contributed by atoms with Crippen molar-refractivity contribution < 1.29 is 23.9 Å². The molecule has 0 aliphatic carbocycles. The Labute approximate surface area is 236 Å². The minimum Gasteiger partial charge on any atom is -0.466 e. The van der Waals surface area contributed by atoms with Crippen LogP contribution in [0.1, 0.15) is 54.0 Å². The van der Waals surface area contributed by atoms with Gasteiger partial charge in [0.2, 0.25) is 0 Å². The molecule has 1 aliphatic heterocycles. The zero-order chi connectivity index (χ0) is 29.1. The predicted molar refractivity (Wildman–Crippen MR) is 155 cm³/mol. The molecule has 3 aromatic carbocycles. The normalized spacial score (nSPS) is 13.3. The summed E-state index contributed by atoms with van der Waals surface area (Å²) in [7, 11) is 0. The standard InChI is InChI=1S/C31H32N4O6/c1-4-40-27(36)13-12-26(31(39)41-5-2)35-17-21-15-22(9-10-23(21)30(35)38)32-16-19-6-7-20-8-11-25-28(24(20)14-19)29(37)34-18(3)33-25/h6-11,14-15,26,32H,4-5,12-13,16-17H2,1-3H3,(H,33,34,37)/t26-/m0/s1. The van der Waals surface area contributed by atoms with Gasteiger partial charge in [-0.15, -0.1) is 0 Å². The second-order valence-corrected chi connectivity index (χ2v) is 9.94. The first-order chi connectivity index (χ1) is 19.8. The molecule has 0 fully saturated rings. The number of benzene rings is 3. The molecule has 0 saturated carbocycles. The highest BCUT2D eigenvalue weighted by molar-refractivity contribution is 6.06. The molecule has 0 radical (unpaired) electrons. The lowest BCUT2D eigenvalue weighted by atomic mass is 10.0. The smallest absolute Gasteiger partial charge is 0.328 e. The number of rotatable bonds is 10. The Kier molecular flexibility index (Phi) is 8.00. The molecular formula is C31H32N4O6. The van der Waals surface area contributed by atoms with Crippen molar-refractivity contribution in [3.05, 3.63) is 81.4 Å². The fraction of sp³-hybridized carbons (Fsp3) is 0.323. The molecule has 10 heteroatoms. The number of H-pyrrole nitrogens is 1. The fourth-order valence-electron chi connectivity index (χ4n) is 5.27. The number of aromatic nitrogens is 2. The SMILES string of the molecule is CCOC(=O)CC[C@@H](C(=O)OCC)N1Cc2cc(NCc3ccc4ccc5nc(C)[nH]c(=O)c5c4c3)ccc2C1=O. The number of nitrogens with zero attached hydrogens (tertiary/aromatic N) is 2. The van der Waals surface area contributed by atoms with E-state index in [4.69, 9.17) is 9.47 Å². The van der Waals surface area contributed by atoms with Crippen molar-refractivity contribution in [3.8, 4) is 0 Å². The first-order valence-corrected chi connectivity index (χ1v) is 13.7. The Balaban J connectivity index is 1.33. The van der Waals surface area contributed by atoms with E-state index in [2.05, 4.69) is 15.3 Å². The van der Waals surface area contributed by atoms with E-state index < -0.39 is 18.0 Å². The van der Waals surface area contributed by atoms with Gasteiger partial charge < -0.3 is 24.7 Å². The lowest BCUT2D eigenvalue weighted by molar-refractivity contribution is -0.150. The van der Waals surface area contributed by atoms with Crippen molar-refractivity contribution in [1.82, 2.24) is 14.9 Å². The van der Waals surface area contributed by atoms with Crippen LogP contribution in [0.2, 0.25) is 0 Å². The first kappa shape index (κ1) is 27.8. The summed E-state index contributed by atoms with van der Waals surface area (Å²) in [5, 5.41) is 5.74. The number of aromatic amines is 1. The minimum atomic E-state index is -0.885. The molecule has 41 heavy (non-hydrogen) atoms. The maximum atomic E-state index is 13.2. The molecule has 0 unspecified atom stereocenters. The summed E-state index contributed by atoms with van der Waals surface area (Å²) in [5.41, 5.74) is 3.57. The zero-order valence-corrected chi connectivity index (χ0v) is 23.3. The van der Waals surface area contributed by atoms with Gasteiger partial charge in [-0.25, -0.2) is 9.78 Å². The van der Waals surface area contributed by atoms with Crippen molar-refractivity contribution in [1.29, 1.82) is 0 Å². The van der Waals surface area contributed by atoms with Gasteiger partial charge >= 0.3 is 11.9 Å². The first-order valence-electron chi connectivity index (χ1n) is 13.7. The monoisotopic (exact) mass is 556 g/mol. The quantitative estimate of drug-likeness (QED) is 0.219. The van der Waals surface area contributed by atoms with Crippen LogP contribution in [0.5, 0.6) is 0 Å². The van der Waals surface area contributed by atoms with Crippen LogP contribution in [0.4, 0.5) is 5.69 Å². The number of carbonyl (C=O) groups is 3. The highest BCUT2D eigenvalue weighted by Crippen LogP contribution is 2.30. The molecule has 0 spiro atoms. The Morgan fingerprint density at radius 2 is 1.83 bits per heavy atom. The molecule has 4 aromatic rings. The third-order valence-corrected chi connectivity index (χ3v) is 7.17. The zero-order valence-electron chi connectivity index (χ0n) is 23.3. The molecule has 1 amide bonds. The maximum absolute atomic E-state index is 13.2.